The Balaban J connectivity index is 2.59. The molecule has 6 heteroatoms. The Hall–Kier alpha value is -1.07. The summed E-state index contributed by atoms with van der Waals surface area (Å²) in [5.41, 5.74) is 0. The second kappa shape index (κ2) is 5.72. The molecule has 0 saturated carbocycles. The van der Waals surface area contributed by atoms with E-state index in [1.165, 1.54) is 0 Å². The van der Waals surface area contributed by atoms with Crippen molar-refractivity contribution in [3.8, 4) is 0 Å². The molecule has 0 unspecified atom stereocenters. The summed E-state index contributed by atoms with van der Waals surface area (Å²) in [4.78, 5) is 10.3. The second-order valence-corrected chi connectivity index (χ2v) is 3.78. The molecule has 0 bridgehead atoms. The number of rotatable bonds is 5. The zero-order valence-corrected chi connectivity index (χ0v) is 9.97. The molecule has 1 aromatic heterocycles. The van der Waals surface area contributed by atoms with E-state index < -0.39 is 0 Å². The molecule has 0 aliphatic rings. The zero-order chi connectivity index (χ0) is 11.3. The SMILES string of the molecule is CNc1ncc(Cl)c(NCCN(C)C)n1. The summed E-state index contributed by atoms with van der Waals surface area (Å²) in [6.45, 7) is 1.72. The molecule has 0 spiro atoms. The Bertz CT molecular complexity index is 315. The first-order valence-corrected chi connectivity index (χ1v) is 5.10. The number of anilines is 2. The van der Waals surface area contributed by atoms with Crippen molar-refractivity contribution in [3.63, 3.8) is 0 Å². The van der Waals surface area contributed by atoms with Crippen molar-refractivity contribution in [3.05, 3.63) is 11.2 Å². The van der Waals surface area contributed by atoms with E-state index in [1.807, 2.05) is 14.1 Å². The summed E-state index contributed by atoms with van der Waals surface area (Å²) in [6.07, 6.45) is 1.58. The highest BCUT2D eigenvalue weighted by atomic mass is 35.5. The number of hydrogen-bond donors (Lipinski definition) is 2. The second-order valence-electron chi connectivity index (χ2n) is 3.37. The van der Waals surface area contributed by atoms with Gasteiger partial charge in [0.25, 0.3) is 0 Å². The molecule has 0 aliphatic carbocycles. The van der Waals surface area contributed by atoms with Crippen molar-refractivity contribution >= 4 is 23.4 Å². The van der Waals surface area contributed by atoms with Crippen molar-refractivity contribution in [2.45, 2.75) is 0 Å². The minimum absolute atomic E-state index is 0.535. The maximum atomic E-state index is 5.94. The molecule has 1 aromatic rings. The molecule has 0 fully saturated rings. The molecule has 2 N–H and O–H groups in total. The number of hydrogen-bond acceptors (Lipinski definition) is 5. The Morgan fingerprint density at radius 3 is 2.80 bits per heavy atom. The fraction of sp³-hybridized carbons (Fsp3) is 0.556. The molecule has 1 rings (SSSR count). The van der Waals surface area contributed by atoms with Gasteiger partial charge in [-0.1, -0.05) is 11.6 Å². The average molecular weight is 230 g/mol. The minimum atomic E-state index is 0.535. The van der Waals surface area contributed by atoms with Crippen molar-refractivity contribution in [2.75, 3.05) is 44.9 Å². The maximum Gasteiger partial charge on any atom is 0.224 e. The first-order chi connectivity index (χ1) is 7.13. The van der Waals surface area contributed by atoms with Gasteiger partial charge in [0.1, 0.15) is 5.02 Å². The van der Waals surface area contributed by atoms with Gasteiger partial charge in [-0.05, 0) is 14.1 Å². The van der Waals surface area contributed by atoms with Crippen LogP contribution in [0, 0.1) is 0 Å². The monoisotopic (exact) mass is 229 g/mol. The minimum Gasteiger partial charge on any atom is -0.367 e. The lowest BCUT2D eigenvalue weighted by molar-refractivity contribution is 0.425. The van der Waals surface area contributed by atoms with E-state index in [-0.39, 0.29) is 0 Å². The van der Waals surface area contributed by atoms with Gasteiger partial charge in [-0.25, -0.2) is 4.98 Å². The van der Waals surface area contributed by atoms with Crippen molar-refractivity contribution < 1.29 is 0 Å². The van der Waals surface area contributed by atoms with Crippen LogP contribution < -0.4 is 10.6 Å². The molecule has 84 valence electrons. The van der Waals surface area contributed by atoms with Crippen LogP contribution in [0.2, 0.25) is 5.02 Å². The van der Waals surface area contributed by atoms with Crippen LogP contribution in [0.25, 0.3) is 0 Å². The lowest BCUT2D eigenvalue weighted by Crippen LogP contribution is -2.21. The molecule has 0 aromatic carbocycles. The van der Waals surface area contributed by atoms with Crippen LogP contribution in [0.1, 0.15) is 0 Å². The van der Waals surface area contributed by atoms with Gasteiger partial charge in [-0.3, -0.25) is 0 Å². The Kier molecular flexibility index (Phi) is 4.58. The van der Waals surface area contributed by atoms with Crippen LogP contribution in [-0.2, 0) is 0 Å². The molecule has 15 heavy (non-hydrogen) atoms. The Labute approximate surface area is 94.9 Å². The molecule has 1 heterocycles. The Morgan fingerprint density at radius 1 is 1.47 bits per heavy atom. The topological polar surface area (TPSA) is 53.1 Å². The number of nitrogens with zero attached hydrogens (tertiary/aromatic N) is 3. The summed E-state index contributed by atoms with van der Waals surface area (Å²) in [6, 6.07) is 0. The van der Waals surface area contributed by atoms with Crippen LogP contribution in [0.15, 0.2) is 6.20 Å². The molecule has 5 nitrogen and oxygen atoms in total. The highest BCUT2D eigenvalue weighted by Crippen LogP contribution is 2.18. The van der Waals surface area contributed by atoms with Gasteiger partial charge in [-0.2, -0.15) is 4.98 Å². The molecule has 0 radical (unpaired) electrons. The van der Waals surface area contributed by atoms with Crippen LogP contribution in [0.4, 0.5) is 11.8 Å². The Morgan fingerprint density at radius 2 is 2.20 bits per heavy atom. The van der Waals surface area contributed by atoms with Gasteiger partial charge < -0.3 is 15.5 Å². The maximum absolute atomic E-state index is 5.94. The van der Waals surface area contributed by atoms with E-state index in [2.05, 4.69) is 25.5 Å². The molecule has 0 aliphatic heterocycles. The predicted molar refractivity (Wildman–Crippen MR) is 63.6 cm³/mol. The fourth-order valence-electron chi connectivity index (χ4n) is 1.01. The number of likely N-dealkylation sites (N-methyl/N-ethyl adjacent to an activating group) is 1. The predicted octanol–water partition coefficient (Wildman–Crippen LogP) is 1.15. The summed E-state index contributed by atoms with van der Waals surface area (Å²) in [7, 11) is 5.80. The average Bonchev–Trinajstić information content (AvgIpc) is 2.20. The molecular formula is C9H16ClN5. The molecular weight excluding hydrogens is 214 g/mol. The van der Waals surface area contributed by atoms with Gasteiger partial charge in [0, 0.05) is 20.1 Å². The van der Waals surface area contributed by atoms with Gasteiger partial charge in [0.15, 0.2) is 5.82 Å². The van der Waals surface area contributed by atoms with E-state index in [1.54, 1.807) is 13.2 Å². The lowest BCUT2D eigenvalue weighted by atomic mass is 10.5. The lowest BCUT2D eigenvalue weighted by Gasteiger charge is -2.12. The standard InChI is InChI=1S/C9H16ClN5/c1-11-9-13-6-7(10)8(14-9)12-4-5-15(2)3/h6H,4-5H2,1-3H3,(H2,11,12,13,14). The van der Waals surface area contributed by atoms with Crippen LogP contribution in [-0.4, -0.2) is 49.1 Å². The fourth-order valence-corrected chi connectivity index (χ4v) is 1.17. The van der Waals surface area contributed by atoms with Crippen molar-refractivity contribution in [1.82, 2.24) is 14.9 Å². The van der Waals surface area contributed by atoms with Crippen LogP contribution in [0.5, 0.6) is 0 Å². The smallest absolute Gasteiger partial charge is 0.224 e. The van der Waals surface area contributed by atoms with Gasteiger partial charge in [0.2, 0.25) is 5.95 Å². The van der Waals surface area contributed by atoms with Gasteiger partial charge in [0.05, 0.1) is 6.20 Å². The normalized spacial score (nSPS) is 10.5. The largest absolute Gasteiger partial charge is 0.367 e. The number of halogens is 1. The van der Waals surface area contributed by atoms with E-state index in [0.29, 0.717) is 16.8 Å². The summed E-state index contributed by atoms with van der Waals surface area (Å²) in [5, 5.41) is 6.55. The first-order valence-electron chi connectivity index (χ1n) is 4.72. The van der Waals surface area contributed by atoms with E-state index in [9.17, 15) is 0 Å². The summed E-state index contributed by atoms with van der Waals surface area (Å²) < 4.78 is 0. The summed E-state index contributed by atoms with van der Waals surface area (Å²) >= 11 is 5.94. The third-order valence-corrected chi connectivity index (χ3v) is 2.10. The first kappa shape index (κ1) is 12.0. The third-order valence-electron chi connectivity index (χ3n) is 1.82. The van der Waals surface area contributed by atoms with Crippen molar-refractivity contribution in [2.24, 2.45) is 0 Å². The quantitative estimate of drug-likeness (QED) is 0.793. The van der Waals surface area contributed by atoms with Gasteiger partial charge >= 0.3 is 0 Å². The van der Waals surface area contributed by atoms with Crippen LogP contribution >= 0.6 is 11.6 Å². The molecule has 0 amide bonds. The highest BCUT2D eigenvalue weighted by molar-refractivity contribution is 6.32. The van der Waals surface area contributed by atoms with E-state index in [4.69, 9.17) is 11.6 Å². The number of nitrogens with one attached hydrogen (secondary N) is 2. The summed E-state index contributed by atoms with van der Waals surface area (Å²) in [5.74, 6) is 1.23. The molecule has 0 atom stereocenters. The third kappa shape index (κ3) is 3.89. The van der Waals surface area contributed by atoms with Gasteiger partial charge in [-0.15, -0.1) is 0 Å². The van der Waals surface area contributed by atoms with E-state index >= 15 is 0 Å². The highest BCUT2D eigenvalue weighted by Gasteiger charge is 2.03. The van der Waals surface area contributed by atoms with E-state index in [0.717, 1.165) is 13.1 Å². The number of aromatic nitrogens is 2. The van der Waals surface area contributed by atoms with Crippen molar-refractivity contribution in [1.29, 1.82) is 0 Å². The zero-order valence-electron chi connectivity index (χ0n) is 9.21. The molecule has 0 saturated heterocycles. The van der Waals surface area contributed by atoms with Crippen LogP contribution in [0.3, 0.4) is 0 Å².